The zero-order valence-electron chi connectivity index (χ0n) is 10.5. The second-order valence-corrected chi connectivity index (χ2v) is 5.22. The first-order valence-electron chi connectivity index (χ1n) is 6.22. The van der Waals surface area contributed by atoms with Crippen LogP contribution in [0.1, 0.15) is 28.8 Å². The lowest BCUT2D eigenvalue weighted by molar-refractivity contribution is 0.0697. The normalized spacial score (nSPS) is 16.9. The topological polar surface area (TPSA) is 20.3 Å². The molecule has 4 heteroatoms. The Kier molecular flexibility index (Phi) is 4.23. The van der Waals surface area contributed by atoms with Gasteiger partial charge in [-0.3, -0.25) is 4.79 Å². The molecule has 2 nitrogen and oxygen atoms in total. The van der Waals surface area contributed by atoms with Gasteiger partial charge in [0.1, 0.15) is 5.82 Å². The number of aryl methyl sites for hydroxylation is 1. The fourth-order valence-electron chi connectivity index (χ4n) is 2.33. The summed E-state index contributed by atoms with van der Waals surface area (Å²) in [6.07, 6.45) is 1.87. The van der Waals surface area contributed by atoms with Crippen molar-refractivity contribution in [1.82, 2.24) is 4.90 Å². The van der Waals surface area contributed by atoms with Gasteiger partial charge in [-0.1, -0.05) is 0 Å². The van der Waals surface area contributed by atoms with Crippen molar-refractivity contribution in [3.8, 4) is 0 Å². The van der Waals surface area contributed by atoms with E-state index >= 15 is 0 Å². The van der Waals surface area contributed by atoms with Crippen LogP contribution < -0.4 is 0 Å². The zero-order valence-corrected chi connectivity index (χ0v) is 11.2. The molecule has 1 saturated heterocycles. The van der Waals surface area contributed by atoms with Gasteiger partial charge >= 0.3 is 0 Å². The smallest absolute Gasteiger partial charge is 0.253 e. The number of carbonyl (C=O) groups is 1. The first-order chi connectivity index (χ1) is 8.60. The van der Waals surface area contributed by atoms with Crippen LogP contribution in [0, 0.1) is 18.7 Å². The van der Waals surface area contributed by atoms with Crippen LogP contribution in [0.25, 0.3) is 0 Å². The third kappa shape index (κ3) is 3.02. The van der Waals surface area contributed by atoms with Gasteiger partial charge in [0, 0.05) is 24.5 Å². The number of likely N-dealkylation sites (tertiary alicyclic amines) is 1. The maximum Gasteiger partial charge on any atom is 0.253 e. The van der Waals surface area contributed by atoms with Gasteiger partial charge in [-0.25, -0.2) is 4.39 Å². The zero-order chi connectivity index (χ0) is 13.1. The lowest BCUT2D eigenvalue weighted by Gasteiger charge is -2.31. The summed E-state index contributed by atoms with van der Waals surface area (Å²) in [5.74, 6) is 0.728. The Morgan fingerprint density at radius 3 is 2.61 bits per heavy atom. The van der Waals surface area contributed by atoms with Crippen LogP contribution >= 0.6 is 11.6 Å². The number of carbonyl (C=O) groups excluding carboxylic acids is 1. The van der Waals surface area contributed by atoms with Gasteiger partial charge in [0.15, 0.2) is 0 Å². The van der Waals surface area contributed by atoms with Crippen molar-refractivity contribution < 1.29 is 9.18 Å². The minimum absolute atomic E-state index is 0.0781. The lowest BCUT2D eigenvalue weighted by atomic mass is 9.98. The molecule has 1 fully saturated rings. The van der Waals surface area contributed by atoms with Crippen LogP contribution in [-0.4, -0.2) is 29.8 Å². The van der Waals surface area contributed by atoms with Crippen molar-refractivity contribution in [1.29, 1.82) is 0 Å². The van der Waals surface area contributed by atoms with E-state index < -0.39 is 0 Å². The van der Waals surface area contributed by atoms with E-state index in [2.05, 4.69) is 0 Å². The highest BCUT2D eigenvalue weighted by molar-refractivity contribution is 6.18. The molecule has 1 aliphatic rings. The van der Waals surface area contributed by atoms with Gasteiger partial charge in [0.25, 0.3) is 5.91 Å². The number of benzene rings is 1. The average molecular weight is 270 g/mol. The Morgan fingerprint density at radius 2 is 2.06 bits per heavy atom. The van der Waals surface area contributed by atoms with Crippen molar-refractivity contribution in [3.05, 3.63) is 35.1 Å². The molecule has 0 saturated carbocycles. The van der Waals surface area contributed by atoms with Crippen molar-refractivity contribution in [2.24, 2.45) is 5.92 Å². The first kappa shape index (κ1) is 13.3. The number of nitrogens with zero attached hydrogens (tertiary/aromatic N) is 1. The number of rotatable bonds is 2. The fourth-order valence-corrected chi connectivity index (χ4v) is 2.64. The Labute approximate surface area is 112 Å². The first-order valence-corrected chi connectivity index (χ1v) is 6.76. The Bertz CT molecular complexity index is 421. The summed E-state index contributed by atoms with van der Waals surface area (Å²) in [5, 5.41) is 0. The van der Waals surface area contributed by atoms with Crippen LogP contribution in [-0.2, 0) is 0 Å². The standard InChI is InChI=1S/C14H17ClFNO/c1-10-6-12(8-13(16)7-10)14(18)17-4-2-11(9-15)3-5-17/h6-8,11H,2-5,9H2,1H3. The molecule has 1 aromatic carbocycles. The molecule has 0 unspecified atom stereocenters. The molecular weight excluding hydrogens is 253 g/mol. The van der Waals surface area contributed by atoms with Crippen molar-refractivity contribution >= 4 is 17.5 Å². The summed E-state index contributed by atoms with van der Waals surface area (Å²) in [4.78, 5) is 14.0. The summed E-state index contributed by atoms with van der Waals surface area (Å²) in [7, 11) is 0. The quantitative estimate of drug-likeness (QED) is 0.755. The molecule has 98 valence electrons. The third-order valence-electron chi connectivity index (χ3n) is 3.41. The molecule has 0 atom stereocenters. The molecule has 0 spiro atoms. The van der Waals surface area contributed by atoms with E-state index in [1.807, 2.05) is 0 Å². The highest BCUT2D eigenvalue weighted by Gasteiger charge is 2.23. The van der Waals surface area contributed by atoms with Crippen molar-refractivity contribution in [2.45, 2.75) is 19.8 Å². The predicted octanol–water partition coefficient (Wildman–Crippen LogP) is 3.23. The molecule has 2 rings (SSSR count). The summed E-state index contributed by atoms with van der Waals surface area (Å²) in [6.45, 7) is 3.22. The van der Waals surface area contributed by atoms with Crippen LogP contribution in [0.2, 0.25) is 0 Å². The minimum Gasteiger partial charge on any atom is -0.339 e. The Morgan fingerprint density at radius 1 is 1.39 bits per heavy atom. The van der Waals surface area contributed by atoms with Crippen molar-refractivity contribution in [2.75, 3.05) is 19.0 Å². The number of halogens is 2. The van der Waals surface area contributed by atoms with Gasteiger partial charge in [0.05, 0.1) is 0 Å². The number of hydrogen-bond donors (Lipinski definition) is 0. The molecule has 0 radical (unpaired) electrons. The van der Waals surface area contributed by atoms with Crippen LogP contribution in [0.5, 0.6) is 0 Å². The van der Waals surface area contributed by atoms with E-state index in [4.69, 9.17) is 11.6 Å². The Balaban J connectivity index is 2.07. The second kappa shape index (κ2) is 5.70. The average Bonchev–Trinajstić information content (AvgIpc) is 2.37. The second-order valence-electron chi connectivity index (χ2n) is 4.91. The van der Waals surface area contributed by atoms with E-state index in [9.17, 15) is 9.18 Å². The third-order valence-corrected chi connectivity index (χ3v) is 3.85. The van der Waals surface area contributed by atoms with Gasteiger partial charge in [0.2, 0.25) is 0 Å². The monoisotopic (exact) mass is 269 g/mol. The molecular formula is C14H17ClFNO. The maximum absolute atomic E-state index is 13.3. The highest BCUT2D eigenvalue weighted by atomic mass is 35.5. The number of amides is 1. The maximum atomic E-state index is 13.3. The molecule has 0 bridgehead atoms. The Hall–Kier alpha value is -1.09. The summed E-state index contributed by atoms with van der Waals surface area (Å²) < 4.78 is 13.3. The highest BCUT2D eigenvalue weighted by Crippen LogP contribution is 2.20. The van der Waals surface area contributed by atoms with E-state index in [1.54, 1.807) is 17.9 Å². The summed E-state index contributed by atoms with van der Waals surface area (Å²) in [5.41, 5.74) is 1.21. The summed E-state index contributed by atoms with van der Waals surface area (Å²) in [6, 6.07) is 4.47. The fraction of sp³-hybridized carbons (Fsp3) is 0.500. The SMILES string of the molecule is Cc1cc(F)cc(C(=O)N2CCC(CCl)CC2)c1. The van der Waals surface area contributed by atoms with E-state index in [-0.39, 0.29) is 11.7 Å². The molecule has 1 amide bonds. The molecule has 0 N–H and O–H groups in total. The van der Waals surface area contributed by atoms with Gasteiger partial charge in [-0.05, 0) is 49.4 Å². The molecule has 1 aromatic rings. The minimum atomic E-state index is -0.353. The van der Waals surface area contributed by atoms with Crippen LogP contribution in [0.3, 0.4) is 0 Å². The van der Waals surface area contributed by atoms with E-state index in [0.717, 1.165) is 18.4 Å². The van der Waals surface area contributed by atoms with E-state index in [1.165, 1.54) is 12.1 Å². The van der Waals surface area contributed by atoms with Crippen LogP contribution in [0.4, 0.5) is 4.39 Å². The molecule has 0 aromatic heterocycles. The van der Waals surface area contributed by atoms with Gasteiger partial charge < -0.3 is 4.90 Å². The molecule has 1 heterocycles. The van der Waals surface area contributed by atoms with E-state index in [0.29, 0.717) is 30.5 Å². The van der Waals surface area contributed by atoms with Gasteiger partial charge in [-0.15, -0.1) is 11.6 Å². The van der Waals surface area contributed by atoms with Gasteiger partial charge in [-0.2, -0.15) is 0 Å². The number of piperidine rings is 1. The number of alkyl halides is 1. The van der Waals surface area contributed by atoms with Crippen LogP contribution in [0.15, 0.2) is 18.2 Å². The van der Waals surface area contributed by atoms with Crippen molar-refractivity contribution in [3.63, 3.8) is 0 Å². The molecule has 0 aliphatic carbocycles. The predicted molar refractivity (Wildman–Crippen MR) is 70.5 cm³/mol. The molecule has 1 aliphatic heterocycles. The summed E-state index contributed by atoms with van der Waals surface area (Å²) >= 11 is 5.81. The number of hydrogen-bond acceptors (Lipinski definition) is 1. The molecule has 18 heavy (non-hydrogen) atoms. The largest absolute Gasteiger partial charge is 0.339 e. The lowest BCUT2D eigenvalue weighted by Crippen LogP contribution is -2.38.